The van der Waals surface area contributed by atoms with E-state index in [1.807, 2.05) is 6.07 Å². The summed E-state index contributed by atoms with van der Waals surface area (Å²) >= 11 is 0. The van der Waals surface area contributed by atoms with E-state index in [0.29, 0.717) is 17.9 Å². The fourth-order valence-electron chi connectivity index (χ4n) is 1.64. The number of aliphatic hydroxyl groups excluding tert-OH is 1. The predicted octanol–water partition coefficient (Wildman–Crippen LogP) is 1.49. The highest BCUT2D eigenvalue weighted by Gasteiger charge is 2.20. The average molecular weight is 265 g/mol. The molecule has 0 aliphatic heterocycles. The average Bonchev–Trinajstić information content (AvgIpc) is 2.36. The molecule has 1 aromatic heterocycles. The monoisotopic (exact) mass is 265 g/mol. The van der Waals surface area contributed by atoms with E-state index in [2.05, 4.69) is 31.1 Å². The van der Waals surface area contributed by atoms with Crippen LogP contribution < -0.4 is 5.32 Å². The number of nitrogens with one attached hydrogen (secondary N) is 1. The first-order valence-corrected chi connectivity index (χ1v) is 6.36. The number of anilines is 1. The van der Waals surface area contributed by atoms with E-state index in [9.17, 15) is 4.79 Å². The van der Waals surface area contributed by atoms with Crippen molar-refractivity contribution in [2.75, 3.05) is 32.6 Å². The zero-order valence-corrected chi connectivity index (χ0v) is 12.3. The van der Waals surface area contributed by atoms with Crippen molar-refractivity contribution in [2.24, 2.45) is 0 Å². The van der Waals surface area contributed by atoms with Crippen LogP contribution in [0.1, 0.15) is 36.8 Å². The minimum absolute atomic E-state index is 0.0433. The van der Waals surface area contributed by atoms with Crippen molar-refractivity contribution in [3.63, 3.8) is 0 Å². The second-order valence-corrected chi connectivity index (χ2v) is 5.58. The molecule has 0 aromatic carbocycles. The largest absolute Gasteiger partial charge is 0.395 e. The van der Waals surface area contributed by atoms with Crippen molar-refractivity contribution < 1.29 is 9.90 Å². The Kier molecular flexibility index (Phi) is 4.89. The molecule has 0 saturated heterocycles. The van der Waals surface area contributed by atoms with Gasteiger partial charge in [-0.25, -0.2) is 4.98 Å². The maximum absolute atomic E-state index is 12.2. The molecule has 0 saturated carbocycles. The van der Waals surface area contributed by atoms with Crippen molar-refractivity contribution >= 4 is 11.7 Å². The number of aromatic nitrogens is 1. The van der Waals surface area contributed by atoms with E-state index in [4.69, 9.17) is 5.11 Å². The van der Waals surface area contributed by atoms with Gasteiger partial charge in [0.15, 0.2) is 0 Å². The molecule has 1 heterocycles. The van der Waals surface area contributed by atoms with Crippen LogP contribution in [0.3, 0.4) is 0 Å². The molecule has 1 aromatic rings. The van der Waals surface area contributed by atoms with E-state index in [1.54, 1.807) is 20.2 Å². The lowest BCUT2D eigenvalue weighted by Crippen LogP contribution is -2.30. The maximum Gasteiger partial charge on any atom is 0.253 e. The molecule has 0 unspecified atom stereocenters. The van der Waals surface area contributed by atoms with Gasteiger partial charge in [-0.1, -0.05) is 20.8 Å². The van der Waals surface area contributed by atoms with Crippen molar-refractivity contribution in [3.8, 4) is 0 Å². The first-order chi connectivity index (χ1) is 8.79. The normalized spacial score (nSPS) is 11.3. The Morgan fingerprint density at radius 1 is 1.42 bits per heavy atom. The maximum atomic E-state index is 12.2. The first kappa shape index (κ1) is 15.4. The zero-order chi connectivity index (χ0) is 14.6. The predicted molar refractivity (Wildman–Crippen MR) is 76.5 cm³/mol. The van der Waals surface area contributed by atoms with Gasteiger partial charge in [0.05, 0.1) is 6.61 Å². The summed E-state index contributed by atoms with van der Waals surface area (Å²) in [6.07, 6.45) is 0. The molecule has 1 rings (SSSR count). The molecule has 0 radical (unpaired) electrons. The number of carbonyl (C=O) groups excluding carboxylic acids is 1. The SMILES string of the molecule is CNc1cc(C(=O)N(C)CCO)cc(C(C)(C)C)n1. The molecule has 0 bridgehead atoms. The molecule has 5 nitrogen and oxygen atoms in total. The fourth-order valence-corrected chi connectivity index (χ4v) is 1.64. The van der Waals surface area contributed by atoms with Crippen LogP contribution in [0.4, 0.5) is 5.82 Å². The summed E-state index contributed by atoms with van der Waals surface area (Å²) in [5.74, 6) is 0.562. The van der Waals surface area contributed by atoms with E-state index >= 15 is 0 Å². The quantitative estimate of drug-likeness (QED) is 0.865. The molecule has 0 aliphatic rings. The highest BCUT2D eigenvalue weighted by Crippen LogP contribution is 2.23. The van der Waals surface area contributed by atoms with Crippen LogP contribution in [0.5, 0.6) is 0 Å². The summed E-state index contributed by atoms with van der Waals surface area (Å²) in [6.45, 7) is 6.45. The number of pyridine rings is 1. The smallest absolute Gasteiger partial charge is 0.253 e. The molecule has 5 heteroatoms. The summed E-state index contributed by atoms with van der Waals surface area (Å²) in [4.78, 5) is 18.2. The first-order valence-electron chi connectivity index (χ1n) is 6.36. The Morgan fingerprint density at radius 3 is 2.53 bits per heavy atom. The summed E-state index contributed by atoms with van der Waals surface area (Å²) in [5.41, 5.74) is 1.32. The van der Waals surface area contributed by atoms with E-state index in [0.717, 1.165) is 5.69 Å². The molecule has 106 valence electrons. The summed E-state index contributed by atoms with van der Waals surface area (Å²) < 4.78 is 0. The highest BCUT2D eigenvalue weighted by molar-refractivity contribution is 5.94. The van der Waals surface area contributed by atoms with Gasteiger partial charge in [-0.2, -0.15) is 0 Å². The summed E-state index contributed by atoms with van der Waals surface area (Å²) in [6, 6.07) is 3.54. The van der Waals surface area contributed by atoms with Gasteiger partial charge >= 0.3 is 0 Å². The van der Waals surface area contributed by atoms with E-state index in [-0.39, 0.29) is 17.9 Å². The van der Waals surface area contributed by atoms with Crippen LogP contribution in [0, 0.1) is 0 Å². The Balaban J connectivity index is 3.17. The number of carbonyl (C=O) groups is 1. The van der Waals surface area contributed by atoms with Crippen LogP contribution in [-0.4, -0.2) is 48.1 Å². The minimum atomic E-state index is -0.128. The third-order valence-electron chi connectivity index (χ3n) is 2.88. The number of likely N-dealkylation sites (N-methyl/N-ethyl adjacent to an activating group) is 1. The van der Waals surface area contributed by atoms with Crippen molar-refractivity contribution in [3.05, 3.63) is 23.4 Å². The van der Waals surface area contributed by atoms with Gasteiger partial charge in [-0.05, 0) is 12.1 Å². The zero-order valence-electron chi connectivity index (χ0n) is 12.3. The van der Waals surface area contributed by atoms with Crippen LogP contribution in [0.15, 0.2) is 12.1 Å². The lowest BCUT2D eigenvalue weighted by atomic mass is 9.90. The van der Waals surface area contributed by atoms with Gasteiger partial charge < -0.3 is 15.3 Å². The van der Waals surface area contributed by atoms with Crippen LogP contribution in [0.2, 0.25) is 0 Å². The third kappa shape index (κ3) is 3.92. The topological polar surface area (TPSA) is 65.5 Å². The number of hydrogen-bond acceptors (Lipinski definition) is 4. The third-order valence-corrected chi connectivity index (χ3v) is 2.88. The van der Waals surface area contributed by atoms with E-state index in [1.165, 1.54) is 4.90 Å². The number of aliphatic hydroxyl groups is 1. The van der Waals surface area contributed by atoms with Gasteiger partial charge in [0, 0.05) is 37.3 Å². The molecule has 0 fully saturated rings. The number of rotatable bonds is 4. The number of hydrogen-bond donors (Lipinski definition) is 2. The highest BCUT2D eigenvalue weighted by atomic mass is 16.3. The molecule has 2 N–H and O–H groups in total. The van der Waals surface area contributed by atoms with Crippen molar-refractivity contribution in [1.29, 1.82) is 0 Å². The summed E-state index contributed by atoms with van der Waals surface area (Å²) in [7, 11) is 3.45. The van der Waals surface area contributed by atoms with Gasteiger partial charge in [0.1, 0.15) is 5.82 Å². The minimum Gasteiger partial charge on any atom is -0.395 e. The second kappa shape index (κ2) is 6.02. The molecule has 0 aliphatic carbocycles. The molecule has 0 spiro atoms. The molecular formula is C14H23N3O2. The molecule has 1 amide bonds. The van der Waals surface area contributed by atoms with Crippen LogP contribution >= 0.6 is 0 Å². The Hall–Kier alpha value is -1.62. The van der Waals surface area contributed by atoms with Crippen molar-refractivity contribution in [2.45, 2.75) is 26.2 Å². The van der Waals surface area contributed by atoms with Gasteiger partial charge in [-0.15, -0.1) is 0 Å². The van der Waals surface area contributed by atoms with Crippen LogP contribution in [-0.2, 0) is 5.41 Å². The Morgan fingerprint density at radius 2 is 2.05 bits per heavy atom. The fraction of sp³-hybridized carbons (Fsp3) is 0.571. The lowest BCUT2D eigenvalue weighted by Gasteiger charge is -2.21. The standard InChI is InChI=1S/C14H23N3O2/c1-14(2,3)11-8-10(9-12(15-4)16-11)13(19)17(5)6-7-18/h8-9,18H,6-7H2,1-5H3,(H,15,16). The van der Waals surface area contributed by atoms with Gasteiger partial charge in [-0.3, -0.25) is 4.79 Å². The van der Waals surface area contributed by atoms with E-state index < -0.39 is 0 Å². The Labute approximate surface area is 114 Å². The summed E-state index contributed by atoms with van der Waals surface area (Å²) in [5, 5.41) is 11.9. The second-order valence-electron chi connectivity index (χ2n) is 5.58. The molecular weight excluding hydrogens is 242 g/mol. The van der Waals surface area contributed by atoms with Crippen molar-refractivity contribution in [1.82, 2.24) is 9.88 Å². The Bertz CT molecular complexity index is 452. The van der Waals surface area contributed by atoms with Gasteiger partial charge in [0.2, 0.25) is 0 Å². The molecule has 19 heavy (non-hydrogen) atoms. The van der Waals surface area contributed by atoms with Gasteiger partial charge in [0.25, 0.3) is 5.91 Å². The lowest BCUT2D eigenvalue weighted by molar-refractivity contribution is 0.0766. The number of amides is 1. The molecule has 0 atom stereocenters. The van der Waals surface area contributed by atoms with Crippen LogP contribution in [0.25, 0.3) is 0 Å². The number of nitrogens with zero attached hydrogens (tertiary/aromatic N) is 2.